The third kappa shape index (κ3) is 3.56. The normalized spacial score (nSPS) is 12.6. The summed E-state index contributed by atoms with van der Waals surface area (Å²) >= 11 is 0. The van der Waals surface area contributed by atoms with Crippen molar-refractivity contribution < 1.29 is 17.9 Å². The molecule has 0 bridgehead atoms. The molecule has 7 heteroatoms. The van der Waals surface area contributed by atoms with Crippen molar-refractivity contribution in [1.82, 2.24) is 9.97 Å². The van der Waals surface area contributed by atoms with Crippen molar-refractivity contribution in [2.24, 2.45) is 5.73 Å². The summed E-state index contributed by atoms with van der Waals surface area (Å²) in [4.78, 5) is 7.55. The van der Waals surface area contributed by atoms with Crippen LogP contribution in [-0.2, 0) is 11.7 Å². The average molecular weight is 277 g/mol. The van der Waals surface area contributed by atoms with E-state index in [2.05, 4.69) is 9.97 Å². The van der Waals surface area contributed by atoms with E-state index in [1.807, 2.05) is 0 Å². The molecule has 0 radical (unpaired) electrons. The number of hydrogen-bond acceptors (Lipinski definition) is 4. The first-order valence-corrected chi connectivity index (χ1v) is 6.15. The molecule has 1 heterocycles. The molecule has 1 aromatic rings. The highest BCUT2D eigenvalue weighted by Gasteiger charge is 2.36. The Morgan fingerprint density at radius 2 is 1.74 bits per heavy atom. The lowest BCUT2D eigenvalue weighted by Gasteiger charge is -2.25. The minimum atomic E-state index is -4.55. The van der Waals surface area contributed by atoms with Gasteiger partial charge in [0.1, 0.15) is 0 Å². The lowest BCUT2D eigenvalue weighted by molar-refractivity contribution is -0.141. The van der Waals surface area contributed by atoms with Gasteiger partial charge in [-0.2, -0.15) is 18.2 Å². The molecule has 0 aromatic carbocycles. The van der Waals surface area contributed by atoms with Gasteiger partial charge in [-0.15, -0.1) is 0 Å². The maximum Gasteiger partial charge on any atom is 0.433 e. The zero-order chi connectivity index (χ0) is 14.7. The molecule has 0 saturated carbocycles. The predicted molar refractivity (Wildman–Crippen MR) is 64.7 cm³/mol. The maximum absolute atomic E-state index is 12.8. The van der Waals surface area contributed by atoms with Crippen molar-refractivity contribution >= 4 is 0 Å². The van der Waals surface area contributed by atoms with Crippen LogP contribution in [0.4, 0.5) is 13.2 Å². The van der Waals surface area contributed by atoms with E-state index in [0.29, 0.717) is 12.8 Å². The largest absolute Gasteiger partial charge is 0.478 e. The summed E-state index contributed by atoms with van der Waals surface area (Å²) in [7, 11) is 0. The Morgan fingerprint density at radius 1 is 1.16 bits per heavy atom. The van der Waals surface area contributed by atoms with Crippen molar-refractivity contribution in [3.63, 3.8) is 0 Å². The molecule has 0 saturated heterocycles. The first kappa shape index (κ1) is 15.7. The molecule has 4 nitrogen and oxygen atoms in total. The van der Waals surface area contributed by atoms with Gasteiger partial charge in [0.15, 0.2) is 11.5 Å². The molecule has 0 fully saturated rings. The fourth-order valence-electron chi connectivity index (χ4n) is 1.58. The van der Waals surface area contributed by atoms with Crippen molar-refractivity contribution in [1.29, 1.82) is 0 Å². The number of nitrogens with two attached hydrogens (primary N) is 1. The summed E-state index contributed by atoms with van der Waals surface area (Å²) in [5.41, 5.74) is 4.04. The minimum Gasteiger partial charge on any atom is -0.478 e. The van der Waals surface area contributed by atoms with E-state index in [9.17, 15) is 13.2 Å². The number of hydrogen-bond donors (Lipinski definition) is 1. The lowest BCUT2D eigenvalue weighted by Crippen LogP contribution is -2.38. The van der Waals surface area contributed by atoms with E-state index in [4.69, 9.17) is 10.5 Å². The molecule has 0 aliphatic carbocycles. The van der Waals surface area contributed by atoms with Crippen molar-refractivity contribution in [3.8, 4) is 5.88 Å². The van der Waals surface area contributed by atoms with Gasteiger partial charge in [-0.25, -0.2) is 4.98 Å². The zero-order valence-corrected chi connectivity index (χ0v) is 11.2. The van der Waals surface area contributed by atoms with E-state index in [1.54, 1.807) is 20.8 Å². The fraction of sp³-hybridized carbons (Fsp3) is 0.667. The van der Waals surface area contributed by atoms with Crippen LogP contribution in [0.15, 0.2) is 6.07 Å². The van der Waals surface area contributed by atoms with Crippen LogP contribution < -0.4 is 10.5 Å². The van der Waals surface area contributed by atoms with Crippen LogP contribution in [0.5, 0.6) is 5.88 Å². The topological polar surface area (TPSA) is 61.0 Å². The van der Waals surface area contributed by atoms with E-state index < -0.39 is 17.4 Å². The highest BCUT2D eigenvalue weighted by molar-refractivity contribution is 5.21. The van der Waals surface area contributed by atoms with Gasteiger partial charge in [0.25, 0.3) is 0 Å². The number of nitrogens with zero attached hydrogens (tertiary/aromatic N) is 2. The molecule has 2 N–H and O–H groups in total. The van der Waals surface area contributed by atoms with E-state index in [-0.39, 0.29) is 18.3 Å². The molecule has 1 rings (SSSR count). The summed E-state index contributed by atoms with van der Waals surface area (Å²) in [5, 5.41) is 0. The fourth-order valence-corrected chi connectivity index (χ4v) is 1.58. The third-order valence-corrected chi connectivity index (χ3v) is 2.99. The first-order valence-electron chi connectivity index (χ1n) is 6.15. The number of aromatic nitrogens is 2. The Hall–Kier alpha value is -1.37. The van der Waals surface area contributed by atoms with Crippen LogP contribution in [0, 0.1) is 0 Å². The average Bonchev–Trinajstić information content (AvgIpc) is 2.37. The smallest absolute Gasteiger partial charge is 0.433 e. The Kier molecular flexibility index (Phi) is 4.73. The summed E-state index contributed by atoms with van der Waals surface area (Å²) in [5.74, 6) is -0.132. The van der Waals surface area contributed by atoms with E-state index in [0.717, 1.165) is 6.07 Å². The van der Waals surface area contributed by atoms with Gasteiger partial charge in [0, 0.05) is 6.07 Å². The second-order valence-corrected chi connectivity index (χ2v) is 4.21. The molecule has 1 aromatic heterocycles. The zero-order valence-electron chi connectivity index (χ0n) is 11.2. The monoisotopic (exact) mass is 277 g/mol. The van der Waals surface area contributed by atoms with Gasteiger partial charge in [-0.1, -0.05) is 13.8 Å². The van der Waals surface area contributed by atoms with Gasteiger partial charge < -0.3 is 10.5 Å². The highest BCUT2D eigenvalue weighted by Crippen LogP contribution is 2.32. The maximum atomic E-state index is 12.8. The van der Waals surface area contributed by atoms with Crippen LogP contribution in [0.3, 0.4) is 0 Å². The molecule has 0 aliphatic rings. The number of alkyl halides is 3. The molecule has 0 spiro atoms. The summed E-state index contributed by atoms with van der Waals surface area (Å²) in [6, 6.07) is 0.790. The molecule has 0 amide bonds. The Morgan fingerprint density at radius 3 is 2.16 bits per heavy atom. The molecule has 108 valence electrons. The molecule has 0 unspecified atom stereocenters. The molecule has 0 aliphatic heterocycles. The Bertz CT molecular complexity index is 431. The third-order valence-electron chi connectivity index (χ3n) is 2.99. The summed E-state index contributed by atoms with van der Waals surface area (Å²) < 4.78 is 43.5. The SMILES string of the molecule is CCOc1cc(C(F)(F)F)nc(C(N)(CC)CC)n1. The molecular weight excluding hydrogens is 259 g/mol. The molecule has 19 heavy (non-hydrogen) atoms. The number of rotatable bonds is 5. The van der Waals surface area contributed by atoms with Crippen LogP contribution in [0.2, 0.25) is 0 Å². The Balaban J connectivity index is 3.35. The van der Waals surface area contributed by atoms with Crippen LogP contribution in [0.1, 0.15) is 45.1 Å². The van der Waals surface area contributed by atoms with Crippen LogP contribution in [-0.4, -0.2) is 16.6 Å². The quantitative estimate of drug-likeness (QED) is 0.899. The van der Waals surface area contributed by atoms with Crippen molar-refractivity contribution in [2.45, 2.75) is 45.3 Å². The van der Waals surface area contributed by atoms with Gasteiger partial charge in [0.05, 0.1) is 12.1 Å². The first-order chi connectivity index (χ1) is 8.76. The highest BCUT2D eigenvalue weighted by atomic mass is 19.4. The van der Waals surface area contributed by atoms with Crippen molar-refractivity contribution in [2.75, 3.05) is 6.61 Å². The molecular formula is C12H18F3N3O. The van der Waals surface area contributed by atoms with Gasteiger partial charge >= 0.3 is 6.18 Å². The van der Waals surface area contributed by atoms with Gasteiger partial charge in [-0.05, 0) is 19.8 Å². The summed E-state index contributed by atoms with van der Waals surface area (Å²) in [6.07, 6.45) is -3.67. The Labute approximate surface area is 110 Å². The second-order valence-electron chi connectivity index (χ2n) is 4.21. The van der Waals surface area contributed by atoms with E-state index in [1.165, 1.54) is 0 Å². The van der Waals surface area contributed by atoms with Crippen LogP contribution in [0.25, 0.3) is 0 Å². The summed E-state index contributed by atoms with van der Waals surface area (Å²) in [6.45, 7) is 5.47. The second kappa shape index (κ2) is 5.73. The van der Waals surface area contributed by atoms with Crippen LogP contribution >= 0.6 is 0 Å². The lowest BCUT2D eigenvalue weighted by atomic mass is 9.93. The number of halogens is 3. The number of ether oxygens (including phenoxy) is 1. The minimum absolute atomic E-state index is 0.0317. The van der Waals surface area contributed by atoms with E-state index >= 15 is 0 Å². The molecule has 0 atom stereocenters. The van der Waals surface area contributed by atoms with Gasteiger partial charge in [-0.3, -0.25) is 0 Å². The van der Waals surface area contributed by atoms with Crippen molar-refractivity contribution in [3.05, 3.63) is 17.6 Å². The standard InChI is InChI=1S/C12H18F3N3O/c1-4-11(16,5-2)10-17-8(12(13,14)15)7-9(18-10)19-6-3/h7H,4-6,16H2,1-3H3. The van der Waals surface area contributed by atoms with Gasteiger partial charge in [0.2, 0.25) is 5.88 Å². The predicted octanol–water partition coefficient (Wildman–Crippen LogP) is 2.87.